The van der Waals surface area contributed by atoms with Crippen LogP contribution in [0.5, 0.6) is 0 Å². The molecule has 1 aromatic carbocycles. The Morgan fingerprint density at radius 2 is 2.25 bits per heavy atom. The summed E-state index contributed by atoms with van der Waals surface area (Å²) in [7, 11) is 0. The first kappa shape index (κ1) is 12.7. The molecule has 0 heterocycles. The Bertz CT molecular complexity index is 350. The van der Waals surface area contributed by atoms with Crippen molar-refractivity contribution in [2.24, 2.45) is 5.73 Å². The smallest absolute Gasteiger partial charge is 0.241 e. The maximum Gasteiger partial charge on any atom is 0.241 e. The van der Waals surface area contributed by atoms with Crippen LogP contribution in [0.3, 0.4) is 0 Å². The highest BCUT2D eigenvalue weighted by atomic mass is 16.2. The number of carbonyl (C=O) groups excluding carboxylic acids is 1. The lowest BCUT2D eigenvalue weighted by molar-refractivity contribution is -0.117. The molecule has 0 spiro atoms. The maximum atomic E-state index is 11.7. The molecule has 1 aromatic rings. The number of aryl methyl sites for hydroxylation is 1. The van der Waals surface area contributed by atoms with Crippen LogP contribution in [0, 0.1) is 6.92 Å². The summed E-state index contributed by atoms with van der Waals surface area (Å²) < 4.78 is 0. The molecule has 0 saturated heterocycles. The van der Waals surface area contributed by atoms with Crippen molar-refractivity contribution < 1.29 is 4.79 Å². The van der Waals surface area contributed by atoms with Gasteiger partial charge >= 0.3 is 0 Å². The SMILES string of the molecule is CCCCC(N)C(=O)Nc1cccc(C)c1. The molecule has 0 aliphatic rings. The van der Waals surface area contributed by atoms with Crippen LogP contribution in [0.1, 0.15) is 31.7 Å². The fourth-order valence-corrected chi connectivity index (χ4v) is 1.51. The lowest BCUT2D eigenvalue weighted by Gasteiger charge is -2.11. The highest BCUT2D eigenvalue weighted by Crippen LogP contribution is 2.10. The summed E-state index contributed by atoms with van der Waals surface area (Å²) in [6.45, 7) is 4.08. The van der Waals surface area contributed by atoms with Crippen molar-refractivity contribution in [3.05, 3.63) is 29.8 Å². The van der Waals surface area contributed by atoms with E-state index in [-0.39, 0.29) is 5.91 Å². The molecule has 3 heteroatoms. The van der Waals surface area contributed by atoms with E-state index in [9.17, 15) is 4.79 Å². The Morgan fingerprint density at radius 1 is 1.50 bits per heavy atom. The van der Waals surface area contributed by atoms with Crippen molar-refractivity contribution in [2.45, 2.75) is 39.2 Å². The van der Waals surface area contributed by atoms with Gasteiger partial charge in [0.2, 0.25) is 5.91 Å². The predicted molar refractivity (Wildman–Crippen MR) is 67.3 cm³/mol. The first-order valence-electron chi connectivity index (χ1n) is 5.76. The van der Waals surface area contributed by atoms with Crippen LogP contribution in [0.25, 0.3) is 0 Å². The van der Waals surface area contributed by atoms with Crippen LogP contribution in [0.2, 0.25) is 0 Å². The van der Waals surface area contributed by atoms with Crippen molar-refractivity contribution in [2.75, 3.05) is 5.32 Å². The number of amides is 1. The quantitative estimate of drug-likeness (QED) is 0.800. The number of nitrogens with one attached hydrogen (secondary N) is 1. The standard InChI is InChI=1S/C13H20N2O/c1-3-4-8-12(14)13(16)15-11-7-5-6-10(2)9-11/h5-7,9,12H,3-4,8,14H2,1-2H3,(H,15,16). The zero-order chi connectivity index (χ0) is 12.0. The second-order valence-corrected chi connectivity index (χ2v) is 4.11. The van der Waals surface area contributed by atoms with Crippen molar-refractivity contribution in [1.82, 2.24) is 0 Å². The van der Waals surface area contributed by atoms with Gasteiger partial charge in [0, 0.05) is 5.69 Å². The highest BCUT2D eigenvalue weighted by Gasteiger charge is 2.12. The molecule has 0 aromatic heterocycles. The minimum Gasteiger partial charge on any atom is -0.325 e. The normalized spacial score (nSPS) is 12.2. The Labute approximate surface area is 97.0 Å². The molecule has 1 amide bonds. The molecule has 1 unspecified atom stereocenters. The maximum absolute atomic E-state index is 11.7. The summed E-state index contributed by atoms with van der Waals surface area (Å²) in [5.74, 6) is -0.0981. The van der Waals surface area contributed by atoms with Crippen molar-refractivity contribution in [3.63, 3.8) is 0 Å². The molecule has 3 N–H and O–H groups in total. The minimum absolute atomic E-state index is 0.0981. The summed E-state index contributed by atoms with van der Waals surface area (Å²) in [6, 6.07) is 7.32. The van der Waals surface area contributed by atoms with Gasteiger partial charge in [-0.1, -0.05) is 31.9 Å². The van der Waals surface area contributed by atoms with Crippen LogP contribution >= 0.6 is 0 Å². The van der Waals surface area contributed by atoms with Gasteiger partial charge in [-0.15, -0.1) is 0 Å². The van der Waals surface area contributed by atoms with Crippen LogP contribution in [-0.4, -0.2) is 11.9 Å². The lowest BCUT2D eigenvalue weighted by Crippen LogP contribution is -2.35. The third-order valence-corrected chi connectivity index (χ3v) is 2.49. The molecule has 0 aliphatic heterocycles. The Balaban J connectivity index is 2.50. The van der Waals surface area contributed by atoms with E-state index in [0.29, 0.717) is 0 Å². The topological polar surface area (TPSA) is 55.1 Å². The molecule has 1 rings (SSSR count). The summed E-state index contributed by atoms with van der Waals surface area (Å²) in [4.78, 5) is 11.7. The number of nitrogens with two attached hydrogens (primary N) is 1. The van der Waals surface area contributed by atoms with Crippen molar-refractivity contribution in [1.29, 1.82) is 0 Å². The molecule has 0 radical (unpaired) electrons. The molecular weight excluding hydrogens is 200 g/mol. The number of anilines is 1. The average Bonchev–Trinajstić information content (AvgIpc) is 2.25. The summed E-state index contributed by atoms with van der Waals surface area (Å²) >= 11 is 0. The van der Waals surface area contributed by atoms with E-state index in [2.05, 4.69) is 12.2 Å². The predicted octanol–water partition coefficient (Wildman–Crippen LogP) is 2.45. The molecule has 0 bridgehead atoms. The van der Waals surface area contributed by atoms with Crippen LogP contribution in [0.15, 0.2) is 24.3 Å². The van der Waals surface area contributed by atoms with Crippen molar-refractivity contribution in [3.8, 4) is 0 Å². The Hall–Kier alpha value is -1.35. The number of hydrogen-bond acceptors (Lipinski definition) is 2. The van der Waals surface area contributed by atoms with Gasteiger partial charge in [-0.3, -0.25) is 4.79 Å². The minimum atomic E-state index is -0.402. The summed E-state index contributed by atoms with van der Waals surface area (Å²) in [5.41, 5.74) is 7.72. The molecule has 16 heavy (non-hydrogen) atoms. The number of unbranched alkanes of at least 4 members (excludes halogenated alkanes) is 1. The number of carbonyl (C=O) groups is 1. The molecule has 3 nitrogen and oxygen atoms in total. The molecule has 88 valence electrons. The number of hydrogen-bond donors (Lipinski definition) is 2. The molecule has 0 saturated carbocycles. The lowest BCUT2D eigenvalue weighted by atomic mass is 10.1. The van der Waals surface area contributed by atoms with Gasteiger partial charge in [-0.05, 0) is 31.0 Å². The molecule has 1 atom stereocenters. The van der Waals surface area contributed by atoms with Crippen LogP contribution in [-0.2, 0) is 4.79 Å². The largest absolute Gasteiger partial charge is 0.325 e. The second kappa shape index (κ2) is 6.28. The van der Waals surface area contributed by atoms with E-state index in [1.807, 2.05) is 31.2 Å². The third kappa shape index (κ3) is 4.03. The fourth-order valence-electron chi connectivity index (χ4n) is 1.51. The Morgan fingerprint density at radius 3 is 2.88 bits per heavy atom. The fraction of sp³-hybridized carbons (Fsp3) is 0.462. The van der Waals surface area contributed by atoms with E-state index >= 15 is 0 Å². The Kier molecular flexibility index (Phi) is 4.99. The van der Waals surface area contributed by atoms with E-state index in [0.717, 1.165) is 30.5 Å². The van der Waals surface area contributed by atoms with Crippen LogP contribution in [0.4, 0.5) is 5.69 Å². The van der Waals surface area contributed by atoms with E-state index in [4.69, 9.17) is 5.73 Å². The first-order valence-corrected chi connectivity index (χ1v) is 5.76. The zero-order valence-corrected chi connectivity index (χ0v) is 9.99. The van der Waals surface area contributed by atoms with Crippen LogP contribution < -0.4 is 11.1 Å². The van der Waals surface area contributed by atoms with Gasteiger partial charge in [-0.25, -0.2) is 0 Å². The monoisotopic (exact) mass is 220 g/mol. The van der Waals surface area contributed by atoms with E-state index in [1.165, 1.54) is 0 Å². The molecular formula is C13H20N2O. The van der Waals surface area contributed by atoms with E-state index < -0.39 is 6.04 Å². The van der Waals surface area contributed by atoms with Gasteiger partial charge < -0.3 is 11.1 Å². The van der Waals surface area contributed by atoms with Gasteiger partial charge in [0.1, 0.15) is 0 Å². The summed E-state index contributed by atoms with van der Waals surface area (Å²) in [5, 5.41) is 2.83. The van der Waals surface area contributed by atoms with Gasteiger partial charge in [-0.2, -0.15) is 0 Å². The summed E-state index contributed by atoms with van der Waals surface area (Å²) in [6.07, 6.45) is 2.79. The third-order valence-electron chi connectivity index (χ3n) is 2.49. The first-order chi connectivity index (χ1) is 7.63. The zero-order valence-electron chi connectivity index (χ0n) is 9.99. The van der Waals surface area contributed by atoms with Crippen molar-refractivity contribution >= 4 is 11.6 Å². The van der Waals surface area contributed by atoms with Gasteiger partial charge in [0.05, 0.1) is 6.04 Å². The van der Waals surface area contributed by atoms with Gasteiger partial charge in [0.15, 0.2) is 0 Å². The second-order valence-electron chi connectivity index (χ2n) is 4.11. The highest BCUT2D eigenvalue weighted by molar-refractivity contribution is 5.94. The van der Waals surface area contributed by atoms with E-state index in [1.54, 1.807) is 0 Å². The average molecular weight is 220 g/mol. The molecule has 0 fully saturated rings. The number of rotatable bonds is 5. The molecule has 0 aliphatic carbocycles. The number of benzene rings is 1. The van der Waals surface area contributed by atoms with Gasteiger partial charge in [0.25, 0.3) is 0 Å².